The molecule has 5 heteroatoms. The summed E-state index contributed by atoms with van der Waals surface area (Å²) in [5.41, 5.74) is 0. The summed E-state index contributed by atoms with van der Waals surface area (Å²) >= 11 is 0. The zero-order chi connectivity index (χ0) is 13.9. The number of hydrogen-bond acceptors (Lipinski definition) is 3. The second-order valence-electron chi connectivity index (χ2n) is 5.77. The van der Waals surface area contributed by atoms with Crippen LogP contribution in [-0.4, -0.2) is 60.5 Å². The van der Waals surface area contributed by atoms with Gasteiger partial charge in [0.25, 0.3) is 0 Å². The standard InChI is InChI=1S/C13H24N2O3/c1-9(2)8-15(6-5-14(3)4)12(16)10-7-11(10)13(17)18/h9-11H,5-8H2,1-4H3,(H,17,18)/t10-,11+/m1/s1. The number of carbonyl (C=O) groups is 2. The molecule has 0 spiro atoms. The minimum Gasteiger partial charge on any atom is -0.481 e. The molecule has 1 rings (SSSR count). The Kier molecular flexibility index (Phi) is 5.14. The fourth-order valence-electron chi connectivity index (χ4n) is 2.03. The van der Waals surface area contributed by atoms with Gasteiger partial charge in [-0.1, -0.05) is 13.8 Å². The van der Waals surface area contributed by atoms with Crippen LogP contribution in [0.5, 0.6) is 0 Å². The van der Waals surface area contributed by atoms with Crippen molar-refractivity contribution >= 4 is 11.9 Å². The van der Waals surface area contributed by atoms with E-state index in [1.54, 1.807) is 0 Å². The Morgan fingerprint density at radius 2 is 1.83 bits per heavy atom. The average Bonchev–Trinajstić information content (AvgIpc) is 3.02. The van der Waals surface area contributed by atoms with E-state index in [9.17, 15) is 9.59 Å². The molecule has 1 saturated carbocycles. The minimum atomic E-state index is -0.842. The lowest BCUT2D eigenvalue weighted by Crippen LogP contribution is -2.40. The fourth-order valence-corrected chi connectivity index (χ4v) is 2.03. The number of carbonyl (C=O) groups excluding carboxylic acids is 1. The van der Waals surface area contributed by atoms with Gasteiger partial charge in [0.15, 0.2) is 0 Å². The van der Waals surface area contributed by atoms with Gasteiger partial charge < -0.3 is 14.9 Å². The smallest absolute Gasteiger partial charge is 0.307 e. The van der Waals surface area contributed by atoms with Gasteiger partial charge in [0.1, 0.15) is 0 Å². The lowest BCUT2D eigenvalue weighted by Gasteiger charge is -2.26. The first kappa shape index (κ1) is 15.0. The molecule has 104 valence electrons. The largest absolute Gasteiger partial charge is 0.481 e. The molecule has 0 radical (unpaired) electrons. The molecule has 1 aliphatic rings. The summed E-state index contributed by atoms with van der Waals surface area (Å²) < 4.78 is 0. The van der Waals surface area contributed by atoms with E-state index in [1.807, 2.05) is 23.9 Å². The number of likely N-dealkylation sites (N-methyl/N-ethyl adjacent to an activating group) is 1. The third kappa shape index (κ3) is 4.29. The summed E-state index contributed by atoms with van der Waals surface area (Å²) in [4.78, 5) is 26.9. The molecule has 0 aromatic rings. The van der Waals surface area contributed by atoms with E-state index in [1.165, 1.54) is 0 Å². The van der Waals surface area contributed by atoms with Crippen LogP contribution < -0.4 is 0 Å². The first-order valence-corrected chi connectivity index (χ1v) is 6.49. The fraction of sp³-hybridized carbons (Fsp3) is 0.846. The summed E-state index contributed by atoms with van der Waals surface area (Å²) in [5, 5.41) is 8.88. The zero-order valence-corrected chi connectivity index (χ0v) is 11.7. The van der Waals surface area contributed by atoms with Gasteiger partial charge in [-0.05, 0) is 26.4 Å². The molecule has 2 atom stereocenters. The Morgan fingerprint density at radius 1 is 1.22 bits per heavy atom. The second-order valence-corrected chi connectivity index (χ2v) is 5.77. The van der Waals surface area contributed by atoms with Gasteiger partial charge in [-0.2, -0.15) is 0 Å². The topological polar surface area (TPSA) is 60.9 Å². The maximum Gasteiger partial charge on any atom is 0.307 e. The van der Waals surface area contributed by atoms with Crippen LogP contribution in [0.25, 0.3) is 0 Å². The molecule has 0 aromatic heterocycles. The predicted octanol–water partition coefficient (Wildman–Crippen LogP) is 0.753. The summed E-state index contributed by atoms with van der Waals surface area (Å²) in [6.07, 6.45) is 0.505. The summed E-state index contributed by atoms with van der Waals surface area (Å²) in [6.45, 7) is 6.32. The van der Waals surface area contributed by atoms with E-state index in [0.29, 0.717) is 25.4 Å². The summed E-state index contributed by atoms with van der Waals surface area (Å²) in [5.74, 6) is -1.17. The molecular formula is C13H24N2O3. The molecule has 0 bridgehead atoms. The van der Waals surface area contributed by atoms with E-state index >= 15 is 0 Å². The van der Waals surface area contributed by atoms with Crippen molar-refractivity contribution in [1.29, 1.82) is 0 Å². The van der Waals surface area contributed by atoms with Crippen molar-refractivity contribution in [3.8, 4) is 0 Å². The number of hydrogen-bond donors (Lipinski definition) is 1. The van der Waals surface area contributed by atoms with Gasteiger partial charge in [0.05, 0.1) is 11.8 Å². The van der Waals surface area contributed by atoms with Gasteiger partial charge in [-0.25, -0.2) is 0 Å². The van der Waals surface area contributed by atoms with Gasteiger partial charge in [0, 0.05) is 19.6 Å². The van der Waals surface area contributed by atoms with Crippen LogP contribution in [0.4, 0.5) is 0 Å². The van der Waals surface area contributed by atoms with Crippen molar-refractivity contribution in [2.45, 2.75) is 20.3 Å². The molecule has 0 aromatic carbocycles. The molecule has 1 amide bonds. The summed E-state index contributed by atoms with van der Waals surface area (Å²) in [7, 11) is 3.93. The zero-order valence-electron chi connectivity index (χ0n) is 11.7. The van der Waals surface area contributed by atoms with E-state index in [0.717, 1.165) is 6.54 Å². The Hall–Kier alpha value is -1.10. The van der Waals surface area contributed by atoms with Crippen molar-refractivity contribution in [3.63, 3.8) is 0 Å². The maximum atomic E-state index is 12.2. The van der Waals surface area contributed by atoms with Crippen molar-refractivity contribution in [2.75, 3.05) is 33.7 Å². The highest BCUT2D eigenvalue weighted by atomic mass is 16.4. The Balaban J connectivity index is 2.54. The van der Waals surface area contributed by atoms with E-state index in [4.69, 9.17) is 5.11 Å². The Labute approximate surface area is 109 Å². The molecule has 0 heterocycles. The minimum absolute atomic E-state index is 0.0120. The number of carboxylic acids is 1. The SMILES string of the molecule is CC(C)CN(CCN(C)C)C(=O)[C@@H]1C[C@@H]1C(=O)O. The quantitative estimate of drug-likeness (QED) is 0.730. The van der Waals surface area contributed by atoms with Crippen LogP contribution in [0.1, 0.15) is 20.3 Å². The number of aliphatic carboxylic acids is 1. The summed E-state index contributed by atoms with van der Waals surface area (Å²) in [6, 6.07) is 0. The molecule has 5 nitrogen and oxygen atoms in total. The van der Waals surface area contributed by atoms with Gasteiger partial charge >= 0.3 is 5.97 Å². The predicted molar refractivity (Wildman–Crippen MR) is 69.2 cm³/mol. The van der Waals surface area contributed by atoms with Gasteiger partial charge in [-0.15, -0.1) is 0 Å². The normalized spacial score (nSPS) is 22.3. The molecule has 0 aliphatic heterocycles. The van der Waals surface area contributed by atoms with E-state index < -0.39 is 11.9 Å². The monoisotopic (exact) mass is 256 g/mol. The van der Waals surface area contributed by atoms with Crippen molar-refractivity contribution in [3.05, 3.63) is 0 Å². The molecule has 18 heavy (non-hydrogen) atoms. The van der Waals surface area contributed by atoms with Crippen molar-refractivity contribution < 1.29 is 14.7 Å². The van der Waals surface area contributed by atoms with Gasteiger partial charge in [0.2, 0.25) is 5.91 Å². The van der Waals surface area contributed by atoms with Crippen LogP contribution in [0.3, 0.4) is 0 Å². The third-order valence-electron chi connectivity index (χ3n) is 3.14. The van der Waals surface area contributed by atoms with Gasteiger partial charge in [-0.3, -0.25) is 9.59 Å². The van der Waals surface area contributed by atoms with Crippen LogP contribution in [0.15, 0.2) is 0 Å². The average molecular weight is 256 g/mol. The van der Waals surface area contributed by atoms with Crippen LogP contribution >= 0.6 is 0 Å². The van der Waals surface area contributed by atoms with Crippen molar-refractivity contribution in [1.82, 2.24) is 9.80 Å². The number of amides is 1. The molecule has 0 saturated heterocycles. The molecule has 1 N–H and O–H groups in total. The highest BCUT2D eigenvalue weighted by Gasteiger charge is 2.49. The number of nitrogens with zero attached hydrogens (tertiary/aromatic N) is 2. The molecule has 1 aliphatic carbocycles. The van der Waals surface area contributed by atoms with Crippen LogP contribution in [-0.2, 0) is 9.59 Å². The van der Waals surface area contributed by atoms with Crippen molar-refractivity contribution in [2.24, 2.45) is 17.8 Å². The first-order valence-electron chi connectivity index (χ1n) is 6.49. The maximum absolute atomic E-state index is 12.2. The van der Waals surface area contributed by atoms with Crippen LogP contribution in [0.2, 0.25) is 0 Å². The lowest BCUT2D eigenvalue weighted by atomic mass is 10.2. The highest BCUT2D eigenvalue weighted by molar-refractivity contribution is 5.89. The second kappa shape index (κ2) is 6.18. The molecule has 0 unspecified atom stereocenters. The third-order valence-corrected chi connectivity index (χ3v) is 3.14. The Morgan fingerprint density at radius 3 is 2.22 bits per heavy atom. The number of rotatable bonds is 7. The van der Waals surface area contributed by atoms with E-state index in [-0.39, 0.29) is 11.8 Å². The Bertz CT molecular complexity index is 315. The lowest BCUT2D eigenvalue weighted by molar-refractivity contribution is -0.142. The first-order chi connectivity index (χ1) is 8.32. The molecular weight excluding hydrogens is 232 g/mol. The van der Waals surface area contributed by atoms with Crippen LogP contribution in [0, 0.1) is 17.8 Å². The molecule has 1 fully saturated rings. The van der Waals surface area contributed by atoms with E-state index in [2.05, 4.69) is 13.8 Å². The highest BCUT2D eigenvalue weighted by Crippen LogP contribution is 2.40. The number of carboxylic acid groups (broad SMARTS) is 1.